The number of nitrogens with zero attached hydrogens (tertiary/aromatic N) is 1. The Balaban J connectivity index is 1.96. The summed E-state index contributed by atoms with van der Waals surface area (Å²) in [5.41, 5.74) is 1.26. The zero-order valence-corrected chi connectivity index (χ0v) is 9.63. The molecule has 0 unspecified atom stereocenters. The Kier molecular flexibility index (Phi) is 3.64. The maximum atomic E-state index is 5.81. The average molecular weight is 236 g/mol. The van der Waals surface area contributed by atoms with Gasteiger partial charge < -0.3 is 0 Å². The molecule has 0 saturated heterocycles. The third-order valence-corrected chi connectivity index (χ3v) is 3.20. The van der Waals surface area contributed by atoms with Crippen LogP contribution in [0.1, 0.15) is 5.56 Å². The number of thioether (sulfide) groups is 1. The van der Waals surface area contributed by atoms with E-state index in [0.717, 1.165) is 15.8 Å². The first-order valence-corrected chi connectivity index (χ1v) is 5.99. The van der Waals surface area contributed by atoms with Gasteiger partial charge in [0.15, 0.2) is 0 Å². The Bertz CT molecular complexity index is 413. The summed E-state index contributed by atoms with van der Waals surface area (Å²) >= 11 is 7.53. The molecule has 0 radical (unpaired) electrons. The maximum Gasteiger partial charge on any atom is 0.0963 e. The summed E-state index contributed by atoms with van der Waals surface area (Å²) in [7, 11) is 0. The SMILES string of the molecule is Clc1ccc(CSc2ccccn2)cc1. The summed E-state index contributed by atoms with van der Waals surface area (Å²) < 4.78 is 0. The van der Waals surface area contributed by atoms with E-state index in [2.05, 4.69) is 4.98 Å². The monoisotopic (exact) mass is 235 g/mol. The van der Waals surface area contributed by atoms with Crippen molar-refractivity contribution in [1.82, 2.24) is 4.98 Å². The molecule has 0 aliphatic heterocycles. The van der Waals surface area contributed by atoms with Crippen molar-refractivity contribution in [3.8, 4) is 0 Å². The molecule has 3 heteroatoms. The lowest BCUT2D eigenvalue weighted by Gasteiger charge is -2.00. The Hall–Kier alpha value is -0.990. The van der Waals surface area contributed by atoms with Gasteiger partial charge in [-0.3, -0.25) is 0 Å². The summed E-state index contributed by atoms with van der Waals surface area (Å²) in [6.45, 7) is 0. The normalized spacial score (nSPS) is 10.2. The van der Waals surface area contributed by atoms with Crippen LogP contribution in [0, 0.1) is 0 Å². The maximum absolute atomic E-state index is 5.81. The molecule has 0 saturated carbocycles. The van der Waals surface area contributed by atoms with Crippen LogP contribution in [0.5, 0.6) is 0 Å². The Morgan fingerprint density at radius 3 is 2.53 bits per heavy atom. The number of rotatable bonds is 3. The number of aromatic nitrogens is 1. The van der Waals surface area contributed by atoms with Gasteiger partial charge >= 0.3 is 0 Å². The van der Waals surface area contributed by atoms with E-state index >= 15 is 0 Å². The van der Waals surface area contributed by atoms with Gasteiger partial charge in [-0.25, -0.2) is 4.98 Å². The van der Waals surface area contributed by atoms with E-state index in [0.29, 0.717) is 0 Å². The molecular formula is C12H10ClNS. The molecule has 0 N–H and O–H groups in total. The number of hydrogen-bond acceptors (Lipinski definition) is 2. The standard InChI is InChI=1S/C12H10ClNS/c13-11-6-4-10(5-7-11)9-15-12-3-1-2-8-14-12/h1-8H,9H2. The van der Waals surface area contributed by atoms with Crippen LogP contribution in [-0.4, -0.2) is 4.98 Å². The minimum Gasteiger partial charge on any atom is -0.250 e. The van der Waals surface area contributed by atoms with Gasteiger partial charge in [0.1, 0.15) is 0 Å². The fraction of sp³-hybridized carbons (Fsp3) is 0.0833. The fourth-order valence-corrected chi connectivity index (χ4v) is 2.11. The lowest BCUT2D eigenvalue weighted by Crippen LogP contribution is -1.81. The number of halogens is 1. The molecule has 1 aromatic heterocycles. The first kappa shape index (κ1) is 10.5. The molecule has 0 amide bonds. The lowest BCUT2D eigenvalue weighted by molar-refractivity contribution is 1.13. The van der Waals surface area contributed by atoms with Crippen molar-refractivity contribution in [1.29, 1.82) is 0 Å². The summed E-state index contributed by atoms with van der Waals surface area (Å²) in [6.07, 6.45) is 1.81. The van der Waals surface area contributed by atoms with E-state index in [1.54, 1.807) is 11.8 Å². The van der Waals surface area contributed by atoms with Gasteiger partial charge in [0.05, 0.1) is 5.03 Å². The molecular weight excluding hydrogens is 226 g/mol. The molecule has 15 heavy (non-hydrogen) atoms. The van der Waals surface area contributed by atoms with Gasteiger partial charge in [0.2, 0.25) is 0 Å². The van der Waals surface area contributed by atoms with E-state index in [4.69, 9.17) is 11.6 Å². The van der Waals surface area contributed by atoms with Crippen LogP contribution in [0.4, 0.5) is 0 Å². The van der Waals surface area contributed by atoms with E-state index in [-0.39, 0.29) is 0 Å². The number of pyridine rings is 1. The zero-order valence-electron chi connectivity index (χ0n) is 8.06. The fourth-order valence-electron chi connectivity index (χ4n) is 1.17. The van der Waals surface area contributed by atoms with E-state index in [1.165, 1.54) is 5.56 Å². The molecule has 2 aromatic rings. The number of hydrogen-bond donors (Lipinski definition) is 0. The molecule has 0 fully saturated rings. The van der Waals surface area contributed by atoms with Crippen LogP contribution in [0.25, 0.3) is 0 Å². The van der Waals surface area contributed by atoms with Crippen molar-refractivity contribution in [2.75, 3.05) is 0 Å². The van der Waals surface area contributed by atoms with Crippen LogP contribution in [0.2, 0.25) is 5.02 Å². The third-order valence-electron chi connectivity index (χ3n) is 1.94. The van der Waals surface area contributed by atoms with Gasteiger partial charge in [-0.2, -0.15) is 0 Å². The van der Waals surface area contributed by atoms with E-state index in [9.17, 15) is 0 Å². The van der Waals surface area contributed by atoms with Crippen molar-refractivity contribution in [2.45, 2.75) is 10.8 Å². The summed E-state index contributed by atoms with van der Waals surface area (Å²) in [5, 5.41) is 1.83. The Morgan fingerprint density at radius 2 is 1.87 bits per heavy atom. The summed E-state index contributed by atoms with van der Waals surface area (Å²) in [5.74, 6) is 0.925. The van der Waals surface area contributed by atoms with Gasteiger partial charge in [-0.05, 0) is 29.8 Å². The largest absolute Gasteiger partial charge is 0.250 e. The molecule has 0 aliphatic carbocycles. The molecule has 0 atom stereocenters. The Morgan fingerprint density at radius 1 is 1.07 bits per heavy atom. The van der Waals surface area contributed by atoms with Gasteiger partial charge in [-0.1, -0.05) is 29.8 Å². The molecule has 1 heterocycles. The van der Waals surface area contributed by atoms with E-state index in [1.807, 2.05) is 48.7 Å². The summed E-state index contributed by atoms with van der Waals surface area (Å²) in [4.78, 5) is 4.25. The zero-order chi connectivity index (χ0) is 10.5. The van der Waals surface area contributed by atoms with Crippen molar-refractivity contribution in [3.63, 3.8) is 0 Å². The molecule has 0 bridgehead atoms. The first-order chi connectivity index (χ1) is 7.34. The van der Waals surface area contributed by atoms with Crippen LogP contribution in [-0.2, 0) is 5.75 Å². The molecule has 76 valence electrons. The number of benzene rings is 1. The minimum atomic E-state index is 0.779. The molecule has 1 aromatic carbocycles. The van der Waals surface area contributed by atoms with Crippen molar-refractivity contribution in [3.05, 3.63) is 59.2 Å². The first-order valence-electron chi connectivity index (χ1n) is 4.63. The van der Waals surface area contributed by atoms with Gasteiger partial charge in [0, 0.05) is 17.0 Å². The second-order valence-electron chi connectivity index (χ2n) is 3.08. The smallest absolute Gasteiger partial charge is 0.0963 e. The van der Waals surface area contributed by atoms with Crippen LogP contribution >= 0.6 is 23.4 Å². The van der Waals surface area contributed by atoms with E-state index < -0.39 is 0 Å². The van der Waals surface area contributed by atoms with Crippen LogP contribution < -0.4 is 0 Å². The second kappa shape index (κ2) is 5.19. The van der Waals surface area contributed by atoms with Gasteiger partial charge in [-0.15, -0.1) is 11.8 Å². The molecule has 0 aliphatic rings. The highest BCUT2D eigenvalue weighted by atomic mass is 35.5. The van der Waals surface area contributed by atoms with Crippen LogP contribution in [0.15, 0.2) is 53.7 Å². The third kappa shape index (κ3) is 3.26. The highest BCUT2D eigenvalue weighted by molar-refractivity contribution is 7.98. The summed E-state index contributed by atoms with van der Waals surface area (Å²) in [6, 6.07) is 13.8. The average Bonchev–Trinajstić information content (AvgIpc) is 2.30. The van der Waals surface area contributed by atoms with Crippen molar-refractivity contribution >= 4 is 23.4 Å². The van der Waals surface area contributed by atoms with Crippen molar-refractivity contribution in [2.24, 2.45) is 0 Å². The van der Waals surface area contributed by atoms with Crippen molar-refractivity contribution < 1.29 is 0 Å². The predicted molar refractivity (Wildman–Crippen MR) is 65.3 cm³/mol. The topological polar surface area (TPSA) is 12.9 Å². The highest BCUT2D eigenvalue weighted by Gasteiger charge is 1.96. The Labute approximate surface area is 98.5 Å². The van der Waals surface area contributed by atoms with Crippen LogP contribution in [0.3, 0.4) is 0 Å². The minimum absolute atomic E-state index is 0.779. The molecule has 1 nitrogen and oxygen atoms in total. The lowest BCUT2D eigenvalue weighted by atomic mass is 10.2. The second-order valence-corrected chi connectivity index (χ2v) is 4.52. The predicted octanol–water partition coefficient (Wildman–Crippen LogP) is 4.03. The molecule has 0 spiro atoms. The molecule has 2 rings (SSSR count). The van der Waals surface area contributed by atoms with Gasteiger partial charge in [0.25, 0.3) is 0 Å². The quantitative estimate of drug-likeness (QED) is 0.745. The highest BCUT2D eigenvalue weighted by Crippen LogP contribution is 2.21.